The second-order valence-electron chi connectivity index (χ2n) is 10.6. The number of likely N-dealkylation sites (tertiary alicyclic amines) is 1. The number of nitrogens with zero attached hydrogens (tertiary/aromatic N) is 1. The number of amides is 4. The zero-order valence-corrected chi connectivity index (χ0v) is 22.6. The summed E-state index contributed by atoms with van der Waals surface area (Å²) in [7, 11) is -3.54. The molecule has 10 nitrogen and oxygen atoms in total. The largest absolute Gasteiger partial charge is 0.389 e. The van der Waals surface area contributed by atoms with E-state index in [2.05, 4.69) is 10.0 Å². The van der Waals surface area contributed by atoms with Crippen LogP contribution in [0.4, 0.5) is 13.2 Å². The lowest BCUT2D eigenvalue weighted by atomic mass is 10.0. The van der Waals surface area contributed by atoms with E-state index in [-0.39, 0.29) is 18.3 Å². The maximum Gasteiger partial charge on any atom is 0.389 e. The van der Waals surface area contributed by atoms with Crippen LogP contribution >= 0.6 is 0 Å². The van der Waals surface area contributed by atoms with Crippen LogP contribution < -0.4 is 15.8 Å². The lowest BCUT2D eigenvalue weighted by Gasteiger charge is -2.28. The molecule has 0 aromatic heterocycles. The van der Waals surface area contributed by atoms with Crippen molar-refractivity contribution >= 4 is 33.7 Å². The van der Waals surface area contributed by atoms with Crippen LogP contribution in [0.2, 0.25) is 0 Å². The smallest absolute Gasteiger partial charge is 0.368 e. The molecule has 1 saturated heterocycles. The van der Waals surface area contributed by atoms with Gasteiger partial charge in [-0.05, 0) is 57.3 Å². The predicted molar refractivity (Wildman–Crippen MR) is 135 cm³/mol. The van der Waals surface area contributed by atoms with Crippen molar-refractivity contribution in [2.75, 3.05) is 6.54 Å². The van der Waals surface area contributed by atoms with Crippen molar-refractivity contribution in [3.05, 3.63) is 12.2 Å². The summed E-state index contributed by atoms with van der Waals surface area (Å²) < 4.78 is 63.4. The molecule has 4 N–H and O–H groups in total. The van der Waals surface area contributed by atoms with Crippen LogP contribution in [-0.2, 0) is 29.2 Å². The van der Waals surface area contributed by atoms with Gasteiger partial charge in [0.2, 0.25) is 33.7 Å². The Bertz CT molecular complexity index is 1060. The van der Waals surface area contributed by atoms with Gasteiger partial charge in [0.05, 0.1) is 11.7 Å². The van der Waals surface area contributed by atoms with Crippen LogP contribution in [0, 0.1) is 11.8 Å². The third-order valence-electron chi connectivity index (χ3n) is 7.26. The van der Waals surface area contributed by atoms with Gasteiger partial charge in [0, 0.05) is 18.9 Å². The van der Waals surface area contributed by atoms with E-state index in [4.69, 9.17) is 5.73 Å². The number of rotatable bonds is 15. The molecule has 0 aromatic carbocycles. The number of alkyl halides is 3. The van der Waals surface area contributed by atoms with Gasteiger partial charge in [0.15, 0.2) is 0 Å². The van der Waals surface area contributed by atoms with Gasteiger partial charge >= 0.3 is 6.18 Å². The lowest BCUT2D eigenvalue weighted by Crippen LogP contribution is -2.52. The third kappa shape index (κ3) is 9.80. The number of carbonyl (C=O) groups is 4. The summed E-state index contributed by atoms with van der Waals surface area (Å²) in [5.41, 5.74) is 5.38. The Hall–Kier alpha value is -2.64. The molecule has 0 spiro atoms. The monoisotopic (exact) mass is 578 g/mol. The Kier molecular flexibility index (Phi) is 10.4. The first-order valence-electron chi connectivity index (χ1n) is 13.5. The Morgan fingerprint density at radius 3 is 2.44 bits per heavy atom. The van der Waals surface area contributed by atoms with Crippen molar-refractivity contribution < 1.29 is 40.8 Å². The lowest BCUT2D eigenvalue weighted by molar-refractivity contribution is -0.146. The zero-order valence-electron chi connectivity index (χ0n) is 21.8. The Labute approximate surface area is 226 Å². The summed E-state index contributed by atoms with van der Waals surface area (Å²) in [6, 6.07) is -1.83. The van der Waals surface area contributed by atoms with E-state index >= 15 is 0 Å². The van der Waals surface area contributed by atoms with Crippen molar-refractivity contribution in [1.29, 1.82) is 0 Å². The topological polar surface area (TPSA) is 156 Å². The second kappa shape index (κ2) is 13.1. The standard InChI is InChI=1S/C25H37F3N4O6S/c26-25(27,28)13-12-21(33)30-19(24(36)32-14-6-9-20(32)22(29)34)8-5-3-1-2-4-7-16-15-18(16)23(35)31-39(37,38)17-10-11-17/h4,7,16-20H,1-3,5-6,8-15H2,(H2,29,34)(H,30,33)(H,31,35)/b7-4-/t16?,18-,19-,20-/m0/s1. The van der Waals surface area contributed by atoms with E-state index in [1.807, 2.05) is 12.2 Å². The molecule has 14 heteroatoms. The molecule has 220 valence electrons. The molecule has 39 heavy (non-hydrogen) atoms. The quantitative estimate of drug-likeness (QED) is 0.200. The van der Waals surface area contributed by atoms with Crippen molar-refractivity contribution in [3.8, 4) is 0 Å². The number of carbonyl (C=O) groups excluding carboxylic acids is 4. The van der Waals surface area contributed by atoms with E-state index in [0.29, 0.717) is 57.9 Å². The Morgan fingerprint density at radius 2 is 1.79 bits per heavy atom. The molecule has 1 aliphatic heterocycles. The van der Waals surface area contributed by atoms with E-state index in [1.54, 1.807) is 0 Å². The molecular formula is C25H37F3N4O6S. The summed E-state index contributed by atoms with van der Waals surface area (Å²) >= 11 is 0. The minimum absolute atomic E-state index is 0.00646. The minimum atomic E-state index is -4.49. The summed E-state index contributed by atoms with van der Waals surface area (Å²) in [4.78, 5) is 50.3. The molecule has 3 rings (SSSR count). The molecule has 0 bridgehead atoms. The molecule has 1 heterocycles. The number of primary amides is 1. The Balaban J connectivity index is 1.40. The first-order chi connectivity index (χ1) is 18.3. The van der Waals surface area contributed by atoms with Gasteiger partial charge in [-0.2, -0.15) is 13.2 Å². The van der Waals surface area contributed by atoms with Crippen LogP contribution in [0.3, 0.4) is 0 Å². The zero-order chi connectivity index (χ0) is 28.8. The fraction of sp³-hybridized carbons (Fsp3) is 0.760. The maximum atomic E-state index is 13.1. The fourth-order valence-corrected chi connectivity index (χ4v) is 6.13. The summed E-state index contributed by atoms with van der Waals surface area (Å²) in [5, 5.41) is 1.97. The fourth-order valence-electron chi connectivity index (χ4n) is 4.77. The van der Waals surface area contributed by atoms with Crippen molar-refractivity contribution in [2.24, 2.45) is 17.6 Å². The average Bonchev–Trinajstić information content (AvgIpc) is 3.77. The van der Waals surface area contributed by atoms with Crippen LogP contribution in [0.15, 0.2) is 12.2 Å². The van der Waals surface area contributed by atoms with Crippen molar-refractivity contribution in [3.63, 3.8) is 0 Å². The number of allylic oxidation sites excluding steroid dienone is 2. The van der Waals surface area contributed by atoms with Crippen molar-refractivity contribution in [2.45, 2.75) is 101 Å². The number of halogens is 3. The molecule has 2 saturated carbocycles. The first-order valence-corrected chi connectivity index (χ1v) is 15.0. The highest BCUT2D eigenvalue weighted by atomic mass is 32.2. The molecule has 4 amide bonds. The van der Waals surface area contributed by atoms with Crippen LogP contribution in [0.1, 0.15) is 77.0 Å². The Morgan fingerprint density at radius 1 is 1.08 bits per heavy atom. The normalized spacial score (nSPS) is 24.0. The SMILES string of the molecule is NC(=O)[C@@H]1CCCN1C(=O)[C@H](CCCCC/C=C\C1C[C@@H]1C(=O)NS(=O)(=O)C1CC1)NC(=O)CCC(F)(F)F. The van der Waals surface area contributed by atoms with Gasteiger partial charge in [0.25, 0.3) is 0 Å². The van der Waals surface area contributed by atoms with Gasteiger partial charge in [-0.15, -0.1) is 0 Å². The average molecular weight is 579 g/mol. The molecule has 3 fully saturated rings. The van der Waals surface area contributed by atoms with Crippen molar-refractivity contribution in [1.82, 2.24) is 14.9 Å². The predicted octanol–water partition coefficient (Wildman–Crippen LogP) is 2.04. The summed E-state index contributed by atoms with van der Waals surface area (Å²) in [6.45, 7) is 0.291. The molecule has 4 atom stereocenters. The van der Waals surface area contributed by atoms with Gasteiger partial charge in [-0.1, -0.05) is 25.0 Å². The number of nitrogens with two attached hydrogens (primary N) is 1. The van der Waals surface area contributed by atoms with E-state index in [1.165, 1.54) is 4.90 Å². The number of hydrogen-bond acceptors (Lipinski definition) is 6. The van der Waals surface area contributed by atoms with E-state index in [9.17, 15) is 40.8 Å². The number of unbranched alkanes of at least 4 members (excludes halogenated alkanes) is 3. The van der Waals surface area contributed by atoms with Crippen LogP contribution in [0.25, 0.3) is 0 Å². The van der Waals surface area contributed by atoms with Crippen LogP contribution in [0.5, 0.6) is 0 Å². The molecule has 3 aliphatic rings. The molecule has 0 radical (unpaired) electrons. The second-order valence-corrected chi connectivity index (χ2v) is 12.6. The summed E-state index contributed by atoms with van der Waals surface area (Å²) in [6.07, 6.45) is 2.85. The van der Waals surface area contributed by atoms with E-state index < -0.39 is 70.0 Å². The molecule has 0 aromatic rings. The van der Waals surface area contributed by atoms with E-state index in [0.717, 1.165) is 6.42 Å². The van der Waals surface area contributed by atoms with Gasteiger partial charge < -0.3 is 16.0 Å². The highest BCUT2D eigenvalue weighted by molar-refractivity contribution is 7.90. The first kappa shape index (κ1) is 30.9. The van der Waals surface area contributed by atoms with Crippen LogP contribution in [-0.4, -0.2) is 67.0 Å². The highest BCUT2D eigenvalue weighted by Crippen LogP contribution is 2.40. The van der Waals surface area contributed by atoms with Gasteiger partial charge in [-0.3, -0.25) is 23.9 Å². The minimum Gasteiger partial charge on any atom is -0.368 e. The number of hydrogen-bond donors (Lipinski definition) is 3. The van der Waals surface area contributed by atoms with Gasteiger partial charge in [-0.25, -0.2) is 8.42 Å². The molecule has 2 aliphatic carbocycles. The number of nitrogens with one attached hydrogen (secondary N) is 2. The molecule has 1 unspecified atom stereocenters. The molecular weight excluding hydrogens is 541 g/mol. The summed E-state index contributed by atoms with van der Waals surface area (Å²) in [5.74, 6) is -2.84. The maximum absolute atomic E-state index is 13.1. The number of sulfonamides is 1. The van der Waals surface area contributed by atoms with Gasteiger partial charge in [0.1, 0.15) is 12.1 Å². The third-order valence-corrected chi connectivity index (χ3v) is 9.10. The highest BCUT2D eigenvalue weighted by Gasteiger charge is 2.45.